The highest BCUT2D eigenvalue weighted by molar-refractivity contribution is 5.98. The van der Waals surface area contributed by atoms with Crippen LogP contribution in [-0.4, -0.2) is 105 Å². The minimum atomic E-state index is -1.50. The van der Waals surface area contributed by atoms with Crippen LogP contribution in [0, 0.1) is 23.2 Å². The molecular formula is C49H63N7O8. The number of likely N-dealkylation sites (tertiary alicyclic amines) is 1. The lowest BCUT2D eigenvalue weighted by Gasteiger charge is -2.34. The van der Waals surface area contributed by atoms with Crippen molar-refractivity contribution in [3.8, 4) is 11.1 Å². The molecule has 15 heteroatoms. The fourth-order valence-electron chi connectivity index (χ4n) is 9.62. The van der Waals surface area contributed by atoms with Gasteiger partial charge in [0.05, 0.1) is 30.2 Å². The first-order valence-electron chi connectivity index (χ1n) is 23.0. The number of ketones is 1. The molecule has 2 heterocycles. The monoisotopic (exact) mass is 877 g/mol. The molecule has 342 valence electrons. The Hall–Kier alpha value is -5.70. The standard InChI is InChI=1S/C49H63N7O8/c1-5-13-38(43(58)47(62)52-30-20-21-30)53-44(59)35-26-56(48(63)64-28-36-33-18-11-9-16-31(33)32-17-10-12-19-34(32)36)27-40(35)54-45(60)37(49(2,3)4)24-41(57)42(29-14-7-6-8-15-29)55-46(61)39-25-50-22-23-51-39/h9-12,16-19,22-23,25,29-30,35-38,40,42-43,58H,5-8,13-15,20-21,24,26-28H2,1-4H3,(H,52,62)(H,53,59)(H,54,60)(H,55,61)/t35-,37-,38+,40+,42+,43?/m1/s1. The van der Waals surface area contributed by atoms with E-state index in [1.807, 2.05) is 64.1 Å². The lowest BCUT2D eigenvalue weighted by Crippen LogP contribution is -2.55. The number of fused-ring (bicyclic) bond motifs is 3. The molecule has 15 nitrogen and oxygen atoms in total. The fraction of sp³-hybridized carbons (Fsp3) is 0.551. The first-order chi connectivity index (χ1) is 30.7. The van der Waals surface area contributed by atoms with Gasteiger partial charge in [-0.25, -0.2) is 9.78 Å². The van der Waals surface area contributed by atoms with Crippen LogP contribution >= 0.6 is 0 Å². The summed E-state index contributed by atoms with van der Waals surface area (Å²) >= 11 is 0. The van der Waals surface area contributed by atoms with Gasteiger partial charge in [-0.1, -0.05) is 102 Å². The minimum absolute atomic E-state index is 0.00958. The molecule has 0 radical (unpaired) electrons. The van der Waals surface area contributed by atoms with Crippen molar-refractivity contribution in [1.29, 1.82) is 0 Å². The highest BCUT2D eigenvalue weighted by atomic mass is 16.6. The summed E-state index contributed by atoms with van der Waals surface area (Å²) in [4.78, 5) is 93.2. The Bertz CT molecular complexity index is 2120. The predicted molar refractivity (Wildman–Crippen MR) is 239 cm³/mol. The number of rotatable bonds is 17. The van der Waals surface area contributed by atoms with E-state index in [9.17, 15) is 33.9 Å². The first-order valence-corrected chi connectivity index (χ1v) is 23.0. The number of benzene rings is 2. The highest BCUT2D eigenvalue weighted by Crippen LogP contribution is 2.44. The zero-order valence-electron chi connectivity index (χ0n) is 37.4. The van der Waals surface area contributed by atoms with E-state index in [2.05, 4.69) is 43.4 Å². The summed E-state index contributed by atoms with van der Waals surface area (Å²) in [7, 11) is 0. The second-order valence-electron chi connectivity index (χ2n) is 19.1. The van der Waals surface area contributed by atoms with Gasteiger partial charge in [0.1, 0.15) is 12.3 Å². The lowest BCUT2D eigenvalue weighted by molar-refractivity contribution is -0.135. The van der Waals surface area contributed by atoms with Crippen LogP contribution in [0.15, 0.2) is 67.1 Å². The summed E-state index contributed by atoms with van der Waals surface area (Å²) in [5.74, 6) is -4.54. The van der Waals surface area contributed by atoms with Crippen molar-refractivity contribution in [3.05, 3.63) is 83.9 Å². The minimum Gasteiger partial charge on any atom is -0.448 e. The van der Waals surface area contributed by atoms with Crippen molar-refractivity contribution >= 4 is 35.5 Å². The number of hydrogen-bond donors (Lipinski definition) is 5. The number of ether oxygens (including phenoxy) is 1. The molecule has 2 aromatic carbocycles. The molecule has 1 aliphatic heterocycles. The molecule has 0 spiro atoms. The third kappa shape index (κ3) is 11.0. The van der Waals surface area contributed by atoms with Gasteiger partial charge in [0.15, 0.2) is 11.9 Å². The molecule has 5 amide bonds. The van der Waals surface area contributed by atoms with Gasteiger partial charge in [0.25, 0.3) is 11.8 Å². The maximum absolute atomic E-state index is 14.6. The molecule has 6 atom stereocenters. The SMILES string of the molecule is CCC[C@H](NC(=O)[C@@H]1CN(C(=O)OCC2c3ccccc3-c3ccccc32)C[C@@H]1NC(=O)[C@@H](CC(=O)[C@@H](NC(=O)c1cnccn1)C1CCCCC1)C(C)(C)C)C(O)C(=O)NC1CC1. The predicted octanol–water partition coefficient (Wildman–Crippen LogP) is 5.07. The normalized spacial score (nSPS) is 20.5. The van der Waals surface area contributed by atoms with Gasteiger partial charge in [0, 0.05) is 49.8 Å². The molecule has 3 aromatic rings. The Labute approximate surface area is 375 Å². The Kier molecular flexibility index (Phi) is 14.8. The highest BCUT2D eigenvalue weighted by Gasteiger charge is 2.46. The van der Waals surface area contributed by atoms with Gasteiger partial charge in [0.2, 0.25) is 11.8 Å². The van der Waals surface area contributed by atoms with E-state index >= 15 is 0 Å². The van der Waals surface area contributed by atoms with E-state index in [1.165, 1.54) is 23.5 Å². The molecule has 5 N–H and O–H groups in total. The van der Waals surface area contributed by atoms with Crippen LogP contribution in [0.25, 0.3) is 11.1 Å². The van der Waals surface area contributed by atoms with Gasteiger partial charge in [-0.05, 0) is 65.7 Å². The van der Waals surface area contributed by atoms with Gasteiger partial charge < -0.3 is 36.0 Å². The second kappa shape index (κ2) is 20.4. The molecule has 3 aliphatic carbocycles. The largest absolute Gasteiger partial charge is 0.448 e. The Morgan fingerprint density at radius 1 is 0.844 bits per heavy atom. The number of nitrogens with zero attached hydrogens (tertiary/aromatic N) is 3. The number of amides is 5. The molecule has 1 unspecified atom stereocenters. The number of carbonyl (C=O) groups is 6. The van der Waals surface area contributed by atoms with Crippen LogP contribution in [0.5, 0.6) is 0 Å². The number of hydrogen-bond acceptors (Lipinski definition) is 10. The molecule has 4 aliphatic rings. The fourth-order valence-corrected chi connectivity index (χ4v) is 9.62. The van der Waals surface area contributed by atoms with Crippen molar-refractivity contribution in [2.24, 2.45) is 23.2 Å². The van der Waals surface area contributed by atoms with Crippen LogP contribution in [0.3, 0.4) is 0 Å². The van der Waals surface area contributed by atoms with E-state index in [-0.39, 0.29) is 55.5 Å². The van der Waals surface area contributed by atoms with Gasteiger partial charge >= 0.3 is 6.09 Å². The summed E-state index contributed by atoms with van der Waals surface area (Å²) < 4.78 is 6.00. The van der Waals surface area contributed by atoms with Crippen LogP contribution in [0.4, 0.5) is 4.79 Å². The third-order valence-electron chi connectivity index (χ3n) is 13.4. The number of Topliss-reactive ketones (excluding diaryl/α,β-unsaturated/α-hetero) is 1. The van der Waals surface area contributed by atoms with Crippen LogP contribution in [-0.2, 0) is 23.9 Å². The maximum Gasteiger partial charge on any atom is 0.409 e. The van der Waals surface area contributed by atoms with Crippen molar-refractivity contribution in [2.45, 2.75) is 128 Å². The second-order valence-corrected chi connectivity index (χ2v) is 19.1. The smallest absolute Gasteiger partial charge is 0.409 e. The number of aliphatic hydroxyl groups is 1. The molecule has 2 saturated carbocycles. The van der Waals surface area contributed by atoms with Crippen LogP contribution in [0.2, 0.25) is 0 Å². The van der Waals surface area contributed by atoms with Crippen molar-refractivity contribution in [2.75, 3.05) is 19.7 Å². The Morgan fingerprint density at radius 3 is 2.12 bits per heavy atom. The summed E-state index contributed by atoms with van der Waals surface area (Å²) in [5, 5.41) is 22.8. The summed E-state index contributed by atoms with van der Waals surface area (Å²) in [6.07, 6.45) is 8.82. The van der Waals surface area contributed by atoms with Gasteiger partial charge in [-0.3, -0.25) is 29.0 Å². The van der Waals surface area contributed by atoms with Crippen LogP contribution in [0.1, 0.15) is 119 Å². The number of carbonyl (C=O) groups excluding carboxylic acids is 6. The molecule has 1 saturated heterocycles. The average molecular weight is 878 g/mol. The molecule has 64 heavy (non-hydrogen) atoms. The average Bonchev–Trinajstić information content (AvgIpc) is 3.92. The topological polar surface area (TPSA) is 209 Å². The Balaban J connectivity index is 1.09. The van der Waals surface area contributed by atoms with Gasteiger partial charge in [-0.15, -0.1) is 0 Å². The molecule has 0 bridgehead atoms. The van der Waals surface area contributed by atoms with Crippen molar-refractivity contribution in [1.82, 2.24) is 36.1 Å². The van der Waals surface area contributed by atoms with E-state index < -0.39 is 71.2 Å². The number of nitrogens with one attached hydrogen (secondary N) is 4. The molecule has 7 rings (SSSR count). The van der Waals surface area contributed by atoms with E-state index in [1.54, 1.807) is 0 Å². The zero-order chi connectivity index (χ0) is 45.5. The summed E-state index contributed by atoms with van der Waals surface area (Å²) in [6, 6.07) is 13.4. The first kappa shape index (κ1) is 46.3. The van der Waals surface area contributed by atoms with Crippen molar-refractivity contribution < 1.29 is 38.6 Å². The Morgan fingerprint density at radius 2 is 1.52 bits per heavy atom. The number of aromatic nitrogens is 2. The van der Waals surface area contributed by atoms with E-state index in [0.717, 1.165) is 67.2 Å². The summed E-state index contributed by atoms with van der Waals surface area (Å²) in [5.41, 5.74) is 3.62. The van der Waals surface area contributed by atoms with Crippen LogP contribution < -0.4 is 21.3 Å². The molecule has 3 fully saturated rings. The quantitative estimate of drug-likeness (QED) is 0.122. The van der Waals surface area contributed by atoms with Gasteiger partial charge in [-0.2, -0.15) is 0 Å². The zero-order valence-corrected chi connectivity index (χ0v) is 37.4. The third-order valence-corrected chi connectivity index (χ3v) is 13.4. The maximum atomic E-state index is 14.6. The number of aliphatic hydroxyl groups excluding tert-OH is 1. The summed E-state index contributed by atoms with van der Waals surface area (Å²) in [6.45, 7) is 7.37. The van der Waals surface area contributed by atoms with Crippen molar-refractivity contribution in [3.63, 3.8) is 0 Å². The lowest BCUT2D eigenvalue weighted by atomic mass is 9.74. The molecule has 1 aromatic heterocycles. The van der Waals surface area contributed by atoms with E-state index in [4.69, 9.17) is 4.74 Å². The van der Waals surface area contributed by atoms with E-state index in [0.29, 0.717) is 12.8 Å². The molecular weight excluding hydrogens is 815 g/mol.